The first kappa shape index (κ1) is 19.8. The molecule has 2 aromatic rings. The number of hydrogen-bond acceptors (Lipinski definition) is 6. The fourth-order valence-corrected chi connectivity index (χ4v) is 3.88. The molecule has 156 valence electrons. The third kappa shape index (κ3) is 3.45. The lowest BCUT2D eigenvalue weighted by Gasteiger charge is -2.29. The van der Waals surface area contributed by atoms with Gasteiger partial charge in [-0.1, -0.05) is 24.3 Å². The van der Waals surface area contributed by atoms with Crippen molar-refractivity contribution >= 4 is 17.8 Å². The molecule has 0 unspecified atom stereocenters. The molecule has 0 saturated carbocycles. The van der Waals surface area contributed by atoms with E-state index in [0.29, 0.717) is 29.0 Å². The number of carbonyl (C=O) groups excluding carboxylic acids is 3. The van der Waals surface area contributed by atoms with Crippen LogP contribution >= 0.6 is 0 Å². The molecular weight excluding hydrogens is 388 g/mol. The molecule has 2 aliphatic heterocycles. The second kappa shape index (κ2) is 8.06. The first-order chi connectivity index (χ1) is 14.5. The summed E-state index contributed by atoms with van der Waals surface area (Å²) in [5.74, 6) is 0.171. The molecule has 0 bridgehead atoms. The molecule has 1 saturated heterocycles. The molecule has 2 amide bonds. The summed E-state index contributed by atoms with van der Waals surface area (Å²) in [6.45, 7) is 0.263. The third-order valence-electron chi connectivity index (χ3n) is 5.39. The van der Waals surface area contributed by atoms with Crippen LogP contribution in [0.15, 0.2) is 42.5 Å². The van der Waals surface area contributed by atoms with Crippen molar-refractivity contribution in [2.45, 2.75) is 31.7 Å². The van der Waals surface area contributed by atoms with Crippen molar-refractivity contribution < 1.29 is 28.6 Å². The van der Waals surface area contributed by atoms with Crippen LogP contribution in [0.1, 0.15) is 40.6 Å². The number of cyclic esters (lactones) is 1. The Bertz CT molecular complexity index is 1000. The highest BCUT2D eigenvalue weighted by Gasteiger charge is 2.46. The predicted octanol–water partition coefficient (Wildman–Crippen LogP) is 2.18. The van der Waals surface area contributed by atoms with Crippen LogP contribution in [-0.2, 0) is 20.9 Å². The number of esters is 1. The quantitative estimate of drug-likeness (QED) is 0.734. The zero-order valence-corrected chi connectivity index (χ0v) is 16.7. The third-order valence-corrected chi connectivity index (χ3v) is 5.39. The minimum absolute atomic E-state index is 0.212. The van der Waals surface area contributed by atoms with E-state index in [1.54, 1.807) is 50.6 Å². The highest BCUT2D eigenvalue weighted by Crippen LogP contribution is 2.38. The second-order valence-corrected chi connectivity index (χ2v) is 7.11. The SMILES string of the molecule is COc1ccc(CNC(=O)[C@@H]2CCC(=O)N2[C@@H]2OC(=O)c3ccccc32)cc1OC. The molecule has 0 aliphatic carbocycles. The van der Waals surface area contributed by atoms with Gasteiger partial charge in [-0.3, -0.25) is 14.5 Å². The standard InChI is InChI=1S/C22H22N2O6/c1-28-17-9-7-13(11-18(17)29-2)12-23-20(26)16-8-10-19(25)24(16)21-14-5-3-4-6-15(14)22(27)30-21/h3-7,9,11,16,21H,8,10,12H2,1-2H3,(H,23,26)/t16-,21+/m0/s1. The summed E-state index contributed by atoms with van der Waals surface area (Å²) in [5, 5.41) is 2.87. The van der Waals surface area contributed by atoms with Crippen LogP contribution in [0.25, 0.3) is 0 Å². The van der Waals surface area contributed by atoms with Gasteiger partial charge < -0.3 is 19.5 Å². The molecule has 0 radical (unpaired) electrons. The van der Waals surface area contributed by atoms with Crippen molar-refractivity contribution in [1.29, 1.82) is 0 Å². The van der Waals surface area contributed by atoms with E-state index >= 15 is 0 Å². The van der Waals surface area contributed by atoms with Gasteiger partial charge in [-0.15, -0.1) is 0 Å². The number of benzene rings is 2. The summed E-state index contributed by atoms with van der Waals surface area (Å²) in [6, 6.07) is 11.6. The number of ether oxygens (including phenoxy) is 3. The average Bonchev–Trinajstić information content (AvgIpc) is 3.31. The van der Waals surface area contributed by atoms with Crippen molar-refractivity contribution in [2.75, 3.05) is 14.2 Å². The van der Waals surface area contributed by atoms with Crippen molar-refractivity contribution in [2.24, 2.45) is 0 Å². The Balaban J connectivity index is 1.49. The Hall–Kier alpha value is -3.55. The number of methoxy groups -OCH3 is 2. The zero-order chi connectivity index (χ0) is 21.3. The molecular formula is C22H22N2O6. The van der Waals surface area contributed by atoms with Crippen LogP contribution in [0.4, 0.5) is 0 Å². The number of nitrogens with one attached hydrogen (secondary N) is 1. The molecule has 1 fully saturated rings. The summed E-state index contributed by atoms with van der Waals surface area (Å²) in [4.78, 5) is 39.0. The summed E-state index contributed by atoms with van der Waals surface area (Å²) < 4.78 is 15.9. The molecule has 0 aromatic heterocycles. The van der Waals surface area contributed by atoms with Gasteiger partial charge in [-0.25, -0.2) is 4.79 Å². The largest absolute Gasteiger partial charge is 0.493 e. The Morgan fingerprint density at radius 1 is 1.13 bits per heavy atom. The number of nitrogens with zero attached hydrogens (tertiary/aromatic N) is 1. The van der Waals surface area contributed by atoms with Gasteiger partial charge in [-0.05, 0) is 30.2 Å². The van der Waals surface area contributed by atoms with E-state index in [1.165, 1.54) is 4.90 Å². The molecule has 2 atom stereocenters. The molecule has 1 N–H and O–H groups in total. The summed E-state index contributed by atoms with van der Waals surface area (Å²) >= 11 is 0. The van der Waals surface area contributed by atoms with Crippen LogP contribution in [0.3, 0.4) is 0 Å². The number of fused-ring (bicyclic) bond motifs is 1. The Labute approximate surface area is 173 Å². The van der Waals surface area contributed by atoms with Crippen molar-refractivity contribution in [3.63, 3.8) is 0 Å². The van der Waals surface area contributed by atoms with Crippen LogP contribution in [0, 0.1) is 0 Å². The van der Waals surface area contributed by atoms with Crippen molar-refractivity contribution in [3.05, 3.63) is 59.2 Å². The Morgan fingerprint density at radius 3 is 2.67 bits per heavy atom. The lowest BCUT2D eigenvalue weighted by Crippen LogP contribution is -2.46. The first-order valence-corrected chi connectivity index (χ1v) is 9.63. The van der Waals surface area contributed by atoms with E-state index < -0.39 is 18.2 Å². The van der Waals surface area contributed by atoms with Gasteiger partial charge in [0.05, 0.1) is 19.8 Å². The van der Waals surface area contributed by atoms with Gasteiger partial charge in [-0.2, -0.15) is 0 Å². The van der Waals surface area contributed by atoms with Gasteiger partial charge in [0, 0.05) is 18.5 Å². The summed E-state index contributed by atoms with van der Waals surface area (Å²) in [6.07, 6.45) is -0.280. The minimum atomic E-state index is -0.875. The minimum Gasteiger partial charge on any atom is -0.493 e. The highest BCUT2D eigenvalue weighted by molar-refractivity contribution is 5.96. The molecule has 8 nitrogen and oxygen atoms in total. The number of hydrogen-bond donors (Lipinski definition) is 1. The highest BCUT2D eigenvalue weighted by atomic mass is 16.6. The first-order valence-electron chi connectivity index (χ1n) is 9.63. The van der Waals surface area contributed by atoms with E-state index in [0.717, 1.165) is 5.56 Å². The lowest BCUT2D eigenvalue weighted by atomic mass is 10.1. The summed E-state index contributed by atoms with van der Waals surface area (Å²) in [7, 11) is 3.10. The van der Waals surface area contributed by atoms with Crippen LogP contribution in [0.2, 0.25) is 0 Å². The molecule has 2 aromatic carbocycles. The maximum Gasteiger partial charge on any atom is 0.340 e. The maximum atomic E-state index is 12.9. The predicted molar refractivity (Wildman–Crippen MR) is 106 cm³/mol. The topological polar surface area (TPSA) is 94.2 Å². The van der Waals surface area contributed by atoms with E-state index in [2.05, 4.69) is 5.32 Å². The van der Waals surface area contributed by atoms with E-state index in [-0.39, 0.29) is 24.8 Å². The van der Waals surface area contributed by atoms with E-state index in [9.17, 15) is 14.4 Å². The van der Waals surface area contributed by atoms with Gasteiger partial charge in [0.25, 0.3) is 0 Å². The van der Waals surface area contributed by atoms with Crippen LogP contribution < -0.4 is 14.8 Å². The fraction of sp³-hybridized carbons (Fsp3) is 0.318. The van der Waals surface area contributed by atoms with Gasteiger partial charge in [0.15, 0.2) is 11.5 Å². The zero-order valence-electron chi connectivity index (χ0n) is 16.7. The molecule has 8 heteroatoms. The number of amides is 2. The second-order valence-electron chi connectivity index (χ2n) is 7.11. The van der Waals surface area contributed by atoms with Gasteiger partial charge in [0.1, 0.15) is 6.04 Å². The molecule has 4 rings (SSSR count). The molecule has 30 heavy (non-hydrogen) atoms. The lowest BCUT2D eigenvalue weighted by molar-refractivity contribution is -0.145. The van der Waals surface area contributed by atoms with E-state index in [4.69, 9.17) is 14.2 Å². The van der Waals surface area contributed by atoms with Crippen molar-refractivity contribution in [1.82, 2.24) is 10.2 Å². The monoisotopic (exact) mass is 410 g/mol. The van der Waals surface area contributed by atoms with Gasteiger partial charge >= 0.3 is 5.97 Å². The van der Waals surface area contributed by atoms with E-state index in [1.807, 2.05) is 6.07 Å². The number of carbonyl (C=O) groups is 3. The Kier molecular flexibility index (Phi) is 5.31. The Morgan fingerprint density at radius 2 is 1.90 bits per heavy atom. The summed E-state index contributed by atoms with van der Waals surface area (Å²) in [5.41, 5.74) is 1.86. The smallest absolute Gasteiger partial charge is 0.340 e. The van der Waals surface area contributed by atoms with Crippen molar-refractivity contribution in [3.8, 4) is 11.5 Å². The average molecular weight is 410 g/mol. The van der Waals surface area contributed by atoms with Gasteiger partial charge in [0.2, 0.25) is 18.0 Å². The number of rotatable bonds is 6. The number of likely N-dealkylation sites (tertiary alicyclic amines) is 1. The maximum absolute atomic E-state index is 12.9. The molecule has 2 aliphatic rings. The fourth-order valence-electron chi connectivity index (χ4n) is 3.88. The molecule has 2 heterocycles. The van der Waals surface area contributed by atoms with Crippen LogP contribution in [0.5, 0.6) is 11.5 Å². The van der Waals surface area contributed by atoms with Crippen LogP contribution in [-0.4, -0.2) is 42.9 Å². The molecule has 0 spiro atoms. The normalized spacial score (nSPS) is 20.0.